The van der Waals surface area contributed by atoms with Crippen LogP contribution in [0.15, 0.2) is 33.5 Å². The summed E-state index contributed by atoms with van der Waals surface area (Å²) in [5.41, 5.74) is 0.371. The number of fused-ring (bicyclic) bond motifs is 1. The number of aromatic nitrogens is 2. The molecule has 2 aromatic heterocycles. The van der Waals surface area contributed by atoms with Gasteiger partial charge in [0.05, 0.1) is 0 Å². The summed E-state index contributed by atoms with van der Waals surface area (Å²) in [4.78, 5) is 24.3. The number of hydrogen-bond donors (Lipinski definition) is 1. The van der Waals surface area contributed by atoms with Crippen molar-refractivity contribution in [1.82, 2.24) is 10.2 Å². The third-order valence-electron chi connectivity index (χ3n) is 3.05. The smallest absolute Gasteiger partial charge is 0.349 e. The predicted octanol–water partition coefficient (Wildman–Crippen LogP) is 2.51. The number of anilines is 1. The second kappa shape index (κ2) is 5.10. The largest absolute Gasteiger partial charge is 0.422 e. The zero-order valence-corrected chi connectivity index (χ0v) is 12.2. The van der Waals surface area contributed by atoms with E-state index in [1.807, 2.05) is 6.07 Å². The van der Waals surface area contributed by atoms with Crippen molar-refractivity contribution < 1.29 is 9.21 Å². The minimum atomic E-state index is -0.662. The SMILES string of the molecule is Cc1nnc(NC(=O)c2c(C)c3ccccc3oc2=O)s1. The van der Waals surface area contributed by atoms with Crippen molar-refractivity contribution in [2.75, 3.05) is 5.32 Å². The van der Waals surface area contributed by atoms with Crippen LogP contribution in [-0.2, 0) is 0 Å². The van der Waals surface area contributed by atoms with Crippen molar-refractivity contribution in [2.24, 2.45) is 0 Å². The van der Waals surface area contributed by atoms with Crippen LogP contribution in [0.1, 0.15) is 20.9 Å². The summed E-state index contributed by atoms with van der Waals surface area (Å²) in [6, 6.07) is 7.10. The molecule has 6 nitrogen and oxygen atoms in total. The molecule has 0 spiro atoms. The average Bonchev–Trinajstić information content (AvgIpc) is 2.84. The number of nitrogens with zero attached hydrogens (tertiary/aromatic N) is 2. The summed E-state index contributed by atoms with van der Waals surface area (Å²) in [6.45, 7) is 3.50. The fourth-order valence-electron chi connectivity index (χ4n) is 2.07. The molecule has 0 radical (unpaired) electrons. The van der Waals surface area contributed by atoms with Crippen LogP contribution in [0.2, 0.25) is 0 Å². The van der Waals surface area contributed by atoms with E-state index in [9.17, 15) is 9.59 Å². The van der Waals surface area contributed by atoms with Crippen molar-refractivity contribution in [2.45, 2.75) is 13.8 Å². The highest BCUT2D eigenvalue weighted by Gasteiger charge is 2.19. The van der Waals surface area contributed by atoms with Gasteiger partial charge in [0.15, 0.2) is 0 Å². The van der Waals surface area contributed by atoms with E-state index in [2.05, 4.69) is 15.5 Å². The third kappa shape index (κ3) is 2.43. The normalized spacial score (nSPS) is 10.8. The van der Waals surface area contributed by atoms with Gasteiger partial charge in [0.1, 0.15) is 16.2 Å². The van der Waals surface area contributed by atoms with Crippen LogP contribution >= 0.6 is 11.3 Å². The van der Waals surface area contributed by atoms with Crippen molar-refractivity contribution in [1.29, 1.82) is 0 Å². The zero-order chi connectivity index (χ0) is 15.0. The van der Waals surface area contributed by atoms with E-state index in [0.717, 1.165) is 10.4 Å². The van der Waals surface area contributed by atoms with E-state index >= 15 is 0 Å². The van der Waals surface area contributed by atoms with Crippen LogP contribution in [0.5, 0.6) is 0 Å². The lowest BCUT2D eigenvalue weighted by Gasteiger charge is -2.06. The Morgan fingerprint density at radius 3 is 2.71 bits per heavy atom. The summed E-state index contributed by atoms with van der Waals surface area (Å²) in [6.07, 6.45) is 0. The van der Waals surface area contributed by atoms with Gasteiger partial charge in [0, 0.05) is 5.39 Å². The van der Waals surface area contributed by atoms with E-state index in [1.54, 1.807) is 32.0 Å². The molecule has 3 aromatic rings. The molecule has 0 atom stereocenters. The quantitative estimate of drug-likeness (QED) is 0.735. The number of nitrogens with one attached hydrogen (secondary N) is 1. The van der Waals surface area contributed by atoms with Crippen molar-refractivity contribution >= 4 is 33.3 Å². The number of rotatable bonds is 2. The molecule has 0 saturated heterocycles. The summed E-state index contributed by atoms with van der Waals surface area (Å²) in [5, 5.41) is 12.0. The van der Waals surface area contributed by atoms with Gasteiger partial charge in [-0.25, -0.2) is 4.79 Å². The summed E-state index contributed by atoms with van der Waals surface area (Å²) in [7, 11) is 0. The number of carbonyl (C=O) groups is 1. The minimum Gasteiger partial charge on any atom is -0.422 e. The Labute approximate surface area is 123 Å². The van der Waals surface area contributed by atoms with Crippen molar-refractivity contribution in [3.63, 3.8) is 0 Å². The highest BCUT2D eigenvalue weighted by atomic mass is 32.1. The average molecular weight is 301 g/mol. The van der Waals surface area contributed by atoms with Crippen molar-refractivity contribution in [3.05, 3.63) is 50.8 Å². The van der Waals surface area contributed by atoms with Crippen LogP contribution in [-0.4, -0.2) is 16.1 Å². The maximum atomic E-state index is 12.3. The van der Waals surface area contributed by atoms with Gasteiger partial charge in [-0.05, 0) is 25.5 Å². The molecular formula is C14H11N3O3S. The molecule has 0 unspecified atom stereocenters. The Balaban J connectivity index is 2.07. The molecule has 1 aromatic carbocycles. The van der Waals surface area contributed by atoms with Gasteiger partial charge in [0.2, 0.25) is 5.13 Å². The molecular weight excluding hydrogens is 290 g/mol. The van der Waals surface area contributed by atoms with E-state index in [0.29, 0.717) is 16.3 Å². The molecule has 1 N–H and O–H groups in total. The van der Waals surface area contributed by atoms with E-state index in [1.165, 1.54) is 11.3 Å². The zero-order valence-electron chi connectivity index (χ0n) is 11.3. The fourth-order valence-corrected chi connectivity index (χ4v) is 2.66. The molecule has 0 aliphatic rings. The highest BCUT2D eigenvalue weighted by molar-refractivity contribution is 7.15. The molecule has 0 saturated carbocycles. The molecule has 1 amide bonds. The first-order valence-electron chi connectivity index (χ1n) is 6.20. The van der Waals surface area contributed by atoms with Gasteiger partial charge in [-0.2, -0.15) is 0 Å². The van der Waals surface area contributed by atoms with Gasteiger partial charge in [-0.15, -0.1) is 10.2 Å². The van der Waals surface area contributed by atoms with E-state index < -0.39 is 11.5 Å². The molecule has 0 aliphatic heterocycles. The van der Waals surface area contributed by atoms with Gasteiger partial charge >= 0.3 is 5.63 Å². The van der Waals surface area contributed by atoms with Crippen LogP contribution in [0.3, 0.4) is 0 Å². The molecule has 106 valence electrons. The molecule has 21 heavy (non-hydrogen) atoms. The Morgan fingerprint density at radius 1 is 1.24 bits per heavy atom. The lowest BCUT2D eigenvalue weighted by molar-refractivity contribution is 0.102. The van der Waals surface area contributed by atoms with Crippen LogP contribution < -0.4 is 10.9 Å². The molecule has 7 heteroatoms. The molecule has 3 rings (SSSR count). The Morgan fingerprint density at radius 2 is 2.00 bits per heavy atom. The number of carbonyl (C=O) groups excluding carboxylic acids is 1. The standard InChI is InChI=1S/C14H11N3O3S/c1-7-9-5-3-4-6-10(9)20-13(19)11(7)12(18)15-14-17-16-8(2)21-14/h3-6H,1-2H3,(H,15,17,18). The first-order chi connectivity index (χ1) is 10.1. The van der Waals surface area contributed by atoms with Gasteiger partial charge in [0.25, 0.3) is 5.91 Å². The number of amides is 1. The number of benzene rings is 1. The Hall–Kier alpha value is -2.54. The molecule has 2 heterocycles. The number of hydrogen-bond acceptors (Lipinski definition) is 6. The molecule has 0 aliphatic carbocycles. The Kier molecular flexibility index (Phi) is 3.26. The predicted molar refractivity (Wildman–Crippen MR) is 79.8 cm³/mol. The van der Waals surface area contributed by atoms with E-state index in [-0.39, 0.29) is 5.56 Å². The Bertz CT molecular complexity index is 898. The maximum absolute atomic E-state index is 12.3. The lowest BCUT2D eigenvalue weighted by Crippen LogP contribution is -2.22. The second-order valence-corrected chi connectivity index (χ2v) is 5.65. The van der Waals surface area contributed by atoms with Gasteiger partial charge in [-0.1, -0.05) is 29.5 Å². The second-order valence-electron chi connectivity index (χ2n) is 4.47. The fraction of sp³-hybridized carbons (Fsp3) is 0.143. The van der Waals surface area contributed by atoms with Crippen LogP contribution in [0.25, 0.3) is 11.0 Å². The van der Waals surface area contributed by atoms with Gasteiger partial charge < -0.3 is 4.42 Å². The first kappa shape index (κ1) is 13.4. The minimum absolute atomic E-state index is 0.0125. The third-order valence-corrected chi connectivity index (χ3v) is 3.80. The highest BCUT2D eigenvalue weighted by Crippen LogP contribution is 2.20. The van der Waals surface area contributed by atoms with Crippen molar-refractivity contribution in [3.8, 4) is 0 Å². The lowest BCUT2D eigenvalue weighted by atomic mass is 10.1. The van der Waals surface area contributed by atoms with Crippen LogP contribution in [0.4, 0.5) is 5.13 Å². The summed E-state index contributed by atoms with van der Waals surface area (Å²) < 4.78 is 5.19. The topological polar surface area (TPSA) is 85.1 Å². The maximum Gasteiger partial charge on any atom is 0.349 e. The van der Waals surface area contributed by atoms with Crippen LogP contribution in [0, 0.1) is 13.8 Å². The summed E-state index contributed by atoms with van der Waals surface area (Å²) >= 11 is 1.24. The monoisotopic (exact) mass is 301 g/mol. The van der Waals surface area contributed by atoms with E-state index in [4.69, 9.17) is 4.42 Å². The van der Waals surface area contributed by atoms with Gasteiger partial charge in [-0.3, -0.25) is 10.1 Å². The molecule has 0 fully saturated rings. The first-order valence-corrected chi connectivity index (χ1v) is 7.02. The molecule has 0 bridgehead atoms. The summed E-state index contributed by atoms with van der Waals surface area (Å²) in [5.74, 6) is -0.539. The number of para-hydroxylation sites is 1. The number of aryl methyl sites for hydroxylation is 2.